The first-order valence-electron chi connectivity index (χ1n) is 4.87. The number of phenols is 1. The average Bonchev–Trinajstić information content (AvgIpc) is 2.86. The number of phenolic OH excluding ortho intramolecular Hbond substituents is 1. The molecule has 0 radical (unpaired) electrons. The van der Waals surface area contributed by atoms with E-state index in [0.717, 1.165) is 19.3 Å². The van der Waals surface area contributed by atoms with Crippen LogP contribution >= 0.6 is 0 Å². The second-order valence-electron chi connectivity index (χ2n) is 3.98. The maximum atomic E-state index is 13.5. The Morgan fingerprint density at radius 2 is 2.14 bits per heavy atom. The second kappa shape index (κ2) is 3.24. The van der Waals surface area contributed by atoms with Crippen LogP contribution < -0.4 is 5.73 Å². The maximum absolute atomic E-state index is 13.5. The number of aromatic hydroxyl groups is 1. The molecule has 1 fully saturated rings. The fraction of sp³-hybridized carbons (Fsp3) is 0.455. The number of nitrogens with two attached hydrogens (primary N) is 1. The second-order valence-corrected chi connectivity index (χ2v) is 3.98. The maximum Gasteiger partial charge on any atom is 0.130 e. The van der Waals surface area contributed by atoms with Crippen LogP contribution in [0.1, 0.15) is 24.8 Å². The van der Waals surface area contributed by atoms with Gasteiger partial charge < -0.3 is 10.8 Å². The van der Waals surface area contributed by atoms with E-state index in [2.05, 4.69) is 0 Å². The van der Waals surface area contributed by atoms with E-state index in [0.29, 0.717) is 12.1 Å². The fourth-order valence-corrected chi connectivity index (χ4v) is 2.02. The van der Waals surface area contributed by atoms with Gasteiger partial charge in [0.1, 0.15) is 11.6 Å². The Kier molecular flexibility index (Phi) is 2.19. The standard InChI is InChI=1S/C11H14FNO/c12-10-7-8(14)1-2-9(10)11(3-4-11)5-6-13/h1-2,7,14H,3-6,13H2. The molecule has 0 saturated heterocycles. The van der Waals surface area contributed by atoms with Crippen molar-refractivity contribution >= 4 is 0 Å². The van der Waals surface area contributed by atoms with Gasteiger partial charge in [0, 0.05) is 6.07 Å². The summed E-state index contributed by atoms with van der Waals surface area (Å²) in [7, 11) is 0. The van der Waals surface area contributed by atoms with Gasteiger partial charge in [-0.1, -0.05) is 6.07 Å². The zero-order chi connectivity index (χ0) is 10.2. The highest BCUT2D eigenvalue weighted by Gasteiger charge is 2.44. The zero-order valence-corrected chi connectivity index (χ0v) is 7.96. The van der Waals surface area contributed by atoms with E-state index in [1.807, 2.05) is 0 Å². The first kappa shape index (κ1) is 9.46. The van der Waals surface area contributed by atoms with Crippen molar-refractivity contribution in [1.82, 2.24) is 0 Å². The van der Waals surface area contributed by atoms with E-state index in [1.54, 1.807) is 6.07 Å². The Labute approximate surface area is 82.5 Å². The lowest BCUT2D eigenvalue weighted by Gasteiger charge is -2.15. The molecule has 76 valence electrons. The summed E-state index contributed by atoms with van der Waals surface area (Å²) < 4.78 is 13.5. The molecule has 0 atom stereocenters. The van der Waals surface area contributed by atoms with Crippen LogP contribution in [0.5, 0.6) is 5.75 Å². The summed E-state index contributed by atoms with van der Waals surface area (Å²) in [5, 5.41) is 9.09. The van der Waals surface area contributed by atoms with Crippen LogP contribution in [-0.2, 0) is 5.41 Å². The summed E-state index contributed by atoms with van der Waals surface area (Å²) in [5.74, 6) is -0.328. The molecule has 3 heteroatoms. The van der Waals surface area contributed by atoms with E-state index in [4.69, 9.17) is 10.8 Å². The lowest BCUT2D eigenvalue weighted by molar-refractivity contribution is 0.464. The molecule has 1 aliphatic carbocycles. The van der Waals surface area contributed by atoms with Crippen LogP contribution in [0.25, 0.3) is 0 Å². The molecule has 1 saturated carbocycles. The SMILES string of the molecule is NCCC1(c2ccc(O)cc2F)CC1. The minimum absolute atomic E-state index is 0.0187. The Morgan fingerprint density at radius 1 is 1.43 bits per heavy atom. The number of hydrogen-bond acceptors (Lipinski definition) is 2. The highest BCUT2D eigenvalue weighted by atomic mass is 19.1. The first-order valence-corrected chi connectivity index (χ1v) is 4.87. The Bertz CT molecular complexity index is 347. The molecule has 0 aromatic heterocycles. The van der Waals surface area contributed by atoms with E-state index in [1.165, 1.54) is 12.1 Å². The third kappa shape index (κ3) is 1.48. The summed E-state index contributed by atoms with van der Waals surface area (Å²) >= 11 is 0. The Balaban J connectivity index is 2.32. The summed E-state index contributed by atoms with van der Waals surface area (Å²) in [6.07, 6.45) is 2.84. The van der Waals surface area contributed by atoms with Crippen LogP contribution in [0.3, 0.4) is 0 Å². The molecule has 0 bridgehead atoms. The van der Waals surface area contributed by atoms with Crippen LogP contribution in [-0.4, -0.2) is 11.7 Å². The topological polar surface area (TPSA) is 46.2 Å². The molecule has 0 spiro atoms. The van der Waals surface area contributed by atoms with Crippen molar-refractivity contribution in [3.05, 3.63) is 29.6 Å². The number of halogens is 1. The predicted molar refractivity (Wildman–Crippen MR) is 52.6 cm³/mol. The van der Waals surface area contributed by atoms with E-state index in [-0.39, 0.29) is 17.0 Å². The van der Waals surface area contributed by atoms with Crippen molar-refractivity contribution in [2.45, 2.75) is 24.7 Å². The van der Waals surface area contributed by atoms with Crippen molar-refractivity contribution in [3.8, 4) is 5.75 Å². The normalized spacial score (nSPS) is 18.1. The number of benzene rings is 1. The molecule has 0 amide bonds. The van der Waals surface area contributed by atoms with E-state index >= 15 is 0 Å². The first-order chi connectivity index (χ1) is 6.68. The van der Waals surface area contributed by atoms with Gasteiger partial charge in [-0.3, -0.25) is 0 Å². The van der Waals surface area contributed by atoms with E-state index < -0.39 is 0 Å². The summed E-state index contributed by atoms with van der Waals surface area (Å²) in [6, 6.07) is 4.38. The largest absolute Gasteiger partial charge is 0.508 e. The van der Waals surface area contributed by atoms with Gasteiger partial charge in [-0.2, -0.15) is 0 Å². The van der Waals surface area contributed by atoms with Gasteiger partial charge in [-0.05, 0) is 42.9 Å². The van der Waals surface area contributed by atoms with Gasteiger partial charge in [0.2, 0.25) is 0 Å². The third-order valence-corrected chi connectivity index (χ3v) is 3.00. The molecule has 0 aliphatic heterocycles. The molecular weight excluding hydrogens is 181 g/mol. The quantitative estimate of drug-likeness (QED) is 0.773. The predicted octanol–water partition coefficient (Wildman–Crippen LogP) is 1.91. The summed E-state index contributed by atoms with van der Waals surface area (Å²) in [6.45, 7) is 0.584. The average molecular weight is 195 g/mol. The molecule has 0 heterocycles. The molecule has 14 heavy (non-hydrogen) atoms. The minimum Gasteiger partial charge on any atom is -0.508 e. The van der Waals surface area contributed by atoms with Gasteiger partial charge in [-0.15, -0.1) is 0 Å². The molecule has 2 rings (SSSR count). The lowest BCUT2D eigenvalue weighted by Crippen LogP contribution is -2.14. The molecule has 1 aliphatic rings. The summed E-state index contributed by atoms with van der Waals surface area (Å²) in [4.78, 5) is 0. The van der Waals surface area contributed by atoms with Gasteiger partial charge >= 0.3 is 0 Å². The number of hydrogen-bond donors (Lipinski definition) is 2. The van der Waals surface area contributed by atoms with Crippen molar-refractivity contribution in [2.24, 2.45) is 5.73 Å². The molecule has 2 nitrogen and oxygen atoms in total. The molecular formula is C11H14FNO. The Morgan fingerprint density at radius 3 is 2.64 bits per heavy atom. The van der Waals surface area contributed by atoms with Gasteiger partial charge in [0.15, 0.2) is 0 Å². The van der Waals surface area contributed by atoms with Gasteiger partial charge in [0.25, 0.3) is 0 Å². The van der Waals surface area contributed by atoms with Gasteiger partial charge in [-0.25, -0.2) is 4.39 Å². The van der Waals surface area contributed by atoms with Crippen molar-refractivity contribution in [3.63, 3.8) is 0 Å². The summed E-state index contributed by atoms with van der Waals surface area (Å²) in [5.41, 5.74) is 6.17. The minimum atomic E-state index is -0.309. The third-order valence-electron chi connectivity index (χ3n) is 3.00. The Hall–Kier alpha value is -1.09. The van der Waals surface area contributed by atoms with Gasteiger partial charge in [0.05, 0.1) is 0 Å². The van der Waals surface area contributed by atoms with Crippen molar-refractivity contribution in [1.29, 1.82) is 0 Å². The van der Waals surface area contributed by atoms with E-state index in [9.17, 15) is 4.39 Å². The van der Waals surface area contributed by atoms with Crippen LogP contribution in [0.15, 0.2) is 18.2 Å². The monoisotopic (exact) mass is 195 g/mol. The molecule has 1 aromatic rings. The highest BCUT2D eigenvalue weighted by molar-refractivity contribution is 5.36. The number of rotatable bonds is 3. The lowest BCUT2D eigenvalue weighted by atomic mass is 9.92. The highest BCUT2D eigenvalue weighted by Crippen LogP contribution is 2.51. The zero-order valence-electron chi connectivity index (χ0n) is 7.96. The molecule has 1 aromatic carbocycles. The van der Waals surface area contributed by atoms with Crippen LogP contribution in [0.2, 0.25) is 0 Å². The van der Waals surface area contributed by atoms with Crippen LogP contribution in [0.4, 0.5) is 4.39 Å². The smallest absolute Gasteiger partial charge is 0.130 e. The fourth-order valence-electron chi connectivity index (χ4n) is 2.02. The van der Waals surface area contributed by atoms with Crippen molar-refractivity contribution in [2.75, 3.05) is 6.54 Å². The van der Waals surface area contributed by atoms with Crippen molar-refractivity contribution < 1.29 is 9.50 Å². The van der Waals surface area contributed by atoms with Crippen LogP contribution in [0, 0.1) is 5.82 Å². The molecule has 3 N–H and O–H groups in total. The molecule has 0 unspecified atom stereocenters.